The molecular weight excluding hydrogens is 459 g/mol. The van der Waals surface area contributed by atoms with Crippen molar-refractivity contribution in [3.05, 3.63) is 76.3 Å². The van der Waals surface area contributed by atoms with Gasteiger partial charge in [0, 0.05) is 45.3 Å². The van der Waals surface area contributed by atoms with Crippen molar-refractivity contribution in [1.29, 1.82) is 0 Å². The van der Waals surface area contributed by atoms with Crippen molar-refractivity contribution in [2.75, 3.05) is 5.32 Å². The van der Waals surface area contributed by atoms with Crippen LogP contribution in [0.25, 0.3) is 21.8 Å². The van der Waals surface area contributed by atoms with Crippen LogP contribution in [-0.2, 0) is 11.3 Å². The van der Waals surface area contributed by atoms with Gasteiger partial charge in [-0.25, -0.2) is 5.43 Å². The standard InChI is InChI=1S/C25H22Cl2N4O2/c1-3-31-22-7-5-4-6-18(22)19-14-17(9-11-23(19)31)28-24(32)12-15(2)29-30-25(33)16-8-10-20(26)21(27)13-16/h4-11,13-14H,3,12H2,1-2H3,(H,28,32)(H,30,33)/b29-15+. The van der Waals surface area contributed by atoms with E-state index < -0.39 is 5.91 Å². The lowest BCUT2D eigenvalue weighted by Gasteiger charge is -2.07. The summed E-state index contributed by atoms with van der Waals surface area (Å²) in [6.45, 7) is 4.65. The predicted octanol–water partition coefficient (Wildman–Crippen LogP) is 6.26. The summed E-state index contributed by atoms with van der Waals surface area (Å²) in [4.78, 5) is 24.8. The Balaban J connectivity index is 1.44. The van der Waals surface area contributed by atoms with Crippen LogP contribution in [0.2, 0.25) is 10.0 Å². The first kappa shape index (κ1) is 22.8. The van der Waals surface area contributed by atoms with E-state index in [4.69, 9.17) is 23.2 Å². The Morgan fingerprint density at radius 3 is 2.45 bits per heavy atom. The number of nitrogens with zero attached hydrogens (tertiary/aromatic N) is 2. The minimum absolute atomic E-state index is 0.0381. The summed E-state index contributed by atoms with van der Waals surface area (Å²) in [7, 11) is 0. The lowest BCUT2D eigenvalue weighted by molar-refractivity contribution is -0.115. The van der Waals surface area contributed by atoms with Gasteiger partial charge in [-0.3, -0.25) is 9.59 Å². The molecule has 1 heterocycles. The molecule has 0 aliphatic heterocycles. The molecule has 0 atom stereocenters. The fourth-order valence-corrected chi connectivity index (χ4v) is 4.10. The number of hydrogen-bond acceptors (Lipinski definition) is 3. The van der Waals surface area contributed by atoms with Crippen molar-refractivity contribution in [2.45, 2.75) is 26.8 Å². The third-order valence-corrected chi connectivity index (χ3v) is 6.06. The van der Waals surface area contributed by atoms with Crippen molar-refractivity contribution in [3.63, 3.8) is 0 Å². The van der Waals surface area contributed by atoms with Crippen molar-refractivity contribution in [2.24, 2.45) is 5.10 Å². The van der Waals surface area contributed by atoms with Gasteiger partial charge in [-0.1, -0.05) is 41.4 Å². The highest BCUT2D eigenvalue weighted by molar-refractivity contribution is 6.42. The number of hydrazone groups is 1. The Hall–Kier alpha value is -3.35. The number of carbonyl (C=O) groups excluding carboxylic acids is 2. The van der Waals surface area contributed by atoms with Crippen LogP contribution in [0.5, 0.6) is 0 Å². The normalized spacial score (nSPS) is 11.7. The molecule has 4 aromatic rings. The summed E-state index contributed by atoms with van der Waals surface area (Å²) in [5.41, 5.74) is 6.22. The van der Waals surface area contributed by atoms with Crippen LogP contribution >= 0.6 is 23.2 Å². The lowest BCUT2D eigenvalue weighted by Crippen LogP contribution is -2.21. The maximum absolute atomic E-state index is 12.5. The number of rotatable bonds is 6. The number of aromatic nitrogens is 1. The maximum Gasteiger partial charge on any atom is 0.271 e. The van der Waals surface area contributed by atoms with Crippen LogP contribution in [0, 0.1) is 0 Å². The summed E-state index contributed by atoms with van der Waals surface area (Å²) in [6.07, 6.45) is 0.0381. The number of benzene rings is 3. The van der Waals surface area contributed by atoms with Crippen molar-refractivity contribution in [1.82, 2.24) is 9.99 Å². The summed E-state index contributed by atoms with van der Waals surface area (Å²) in [5.74, 6) is -0.662. The zero-order chi connectivity index (χ0) is 23.5. The Labute approximate surface area is 201 Å². The van der Waals surface area contributed by atoms with Crippen LogP contribution in [0.4, 0.5) is 5.69 Å². The first-order valence-electron chi connectivity index (χ1n) is 10.5. The molecule has 33 heavy (non-hydrogen) atoms. The van der Waals surface area contributed by atoms with Gasteiger partial charge >= 0.3 is 0 Å². The number of amides is 2. The van der Waals surface area contributed by atoms with Crippen LogP contribution in [0.3, 0.4) is 0 Å². The number of halogens is 2. The minimum atomic E-state index is -0.439. The molecule has 0 unspecified atom stereocenters. The summed E-state index contributed by atoms with van der Waals surface area (Å²) in [6, 6.07) is 18.7. The first-order chi connectivity index (χ1) is 15.9. The quantitative estimate of drug-likeness (QED) is 0.252. The van der Waals surface area contributed by atoms with Gasteiger partial charge in [0.25, 0.3) is 5.91 Å². The van der Waals surface area contributed by atoms with Crippen LogP contribution in [-0.4, -0.2) is 22.1 Å². The Bertz CT molecular complexity index is 1410. The number of anilines is 1. The Kier molecular flexibility index (Phi) is 6.67. The highest BCUT2D eigenvalue weighted by Gasteiger charge is 2.12. The number of fused-ring (bicyclic) bond motifs is 3. The number of aryl methyl sites for hydroxylation is 1. The topological polar surface area (TPSA) is 75.5 Å². The monoisotopic (exact) mass is 480 g/mol. The maximum atomic E-state index is 12.5. The van der Waals surface area contributed by atoms with Crippen molar-refractivity contribution >= 4 is 68.2 Å². The smallest absolute Gasteiger partial charge is 0.271 e. The zero-order valence-corrected chi connectivity index (χ0v) is 19.7. The summed E-state index contributed by atoms with van der Waals surface area (Å²) < 4.78 is 2.25. The molecule has 0 radical (unpaired) electrons. The van der Waals surface area contributed by atoms with E-state index >= 15 is 0 Å². The molecule has 2 amide bonds. The SMILES string of the molecule is CCn1c2ccccc2c2cc(NC(=O)C/C(C)=N/NC(=O)c3ccc(Cl)c(Cl)c3)ccc21. The van der Waals surface area contributed by atoms with Gasteiger partial charge in [-0.2, -0.15) is 5.10 Å². The third-order valence-electron chi connectivity index (χ3n) is 5.32. The van der Waals surface area contributed by atoms with Crippen molar-refractivity contribution < 1.29 is 9.59 Å². The molecule has 0 aliphatic carbocycles. The molecule has 0 saturated carbocycles. The largest absolute Gasteiger partial charge is 0.341 e. The summed E-state index contributed by atoms with van der Waals surface area (Å²) >= 11 is 11.8. The van der Waals surface area contributed by atoms with E-state index in [1.54, 1.807) is 13.0 Å². The molecular formula is C25H22Cl2N4O2. The van der Waals surface area contributed by atoms with E-state index in [-0.39, 0.29) is 17.4 Å². The number of nitrogens with one attached hydrogen (secondary N) is 2. The first-order valence-corrected chi connectivity index (χ1v) is 11.2. The Morgan fingerprint density at radius 1 is 0.939 bits per heavy atom. The molecule has 0 fully saturated rings. The van der Waals surface area contributed by atoms with E-state index in [0.717, 1.165) is 22.8 Å². The molecule has 3 aromatic carbocycles. The Morgan fingerprint density at radius 2 is 1.70 bits per heavy atom. The van der Waals surface area contributed by atoms with Gasteiger partial charge in [0.2, 0.25) is 5.91 Å². The fourth-order valence-electron chi connectivity index (χ4n) is 3.80. The van der Waals surface area contributed by atoms with Crippen LogP contribution < -0.4 is 10.7 Å². The second-order valence-electron chi connectivity index (χ2n) is 7.64. The van der Waals surface area contributed by atoms with E-state index in [1.807, 2.05) is 30.3 Å². The lowest BCUT2D eigenvalue weighted by atomic mass is 10.1. The van der Waals surface area contributed by atoms with Gasteiger partial charge in [-0.15, -0.1) is 0 Å². The fraction of sp³-hybridized carbons (Fsp3) is 0.160. The predicted molar refractivity (Wildman–Crippen MR) is 135 cm³/mol. The van der Waals surface area contributed by atoms with E-state index in [2.05, 4.69) is 39.5 Å². The molecule has 0 aliphatic rings. The molecule has 0 spiro atoms. The van der Waals surface area contributed by atoms with Gasteiger partial charge in [0.05, 0.1) is 16.5 Å². The van der Waals surface area contributed by atoms with Crippen LogP contribution in [0.1, 0.15) is 30.6 Å². The summed E-state index contributed by atoms with van der Waals surface area (Å²) in [5, 5.41) is 9.81. The second kappa shape index (κ2) is 9.65. The van der Waals surface area contributed by atoms with E-state index in [1.165, 1.54) is 17.6 Å². The number of carbonyl (C=O) groups is 2. The molecule has 0 saturated heterocycles. The molecule has 1 aromatic heterocycles. The van der Waals surface area contributed by atoms with Crippen LogP contribution in [0.15, 0.2) is 65.8 Å². The average Bonchev–Trinajstić information content (AvgIpc) is 3.12. The number of hydrogen-bond donors (Lipinski definition) is 2. The third kappa shape index (κ3) is 4.87. The molecule has 2 N–H and O–H groups in total. The highest BCUT2D eigenvalue weighted by atomic mass is 35.5. The minimum Gasteiger partial charge on any atom is -0.341 e. The molecule has 4 rings (SSSR count). The highest BCUT2D eigenvalue weighted by Crippen LogP contribution is 2.31. The van der Waals surface area contributed by atoms with E-state index in [9.17, 15) is 9.59 Å². The molecule has 168 valence electrons. The molecule has 0 bridgehead atoms. The molecule has 8 heteroatoms. The van der Waals surface area contributed by atoms with Gasteiger partial charge in [0.1, 0.15) is 0 Å². The number of para-hydroxylation sites is 1. The molecule has 6 nitrogen and oxygen atoms in total. The van der Waals surface area contributed by atoms with Gasteiger partial charge < -0.3 is 9.88 Å². The van der Waals surface area contributed by atoms with Gasteiger partial charge in [0.15, 0.2) is 0 Å². The second-order valence-corrected chi connectivity index (χ2v) is 8.45. The van der Waals surface area contributed by atoms with E-state index in [0.29, 0.717) is 22.0 Å². The van der Waals surface area contributed by atoms with Gasteiger partial charge in [-0.05, 0) is 56.3 Å². The van der Waals surface area contributed by atoms with Crippen molar-refractivity contribution in [3.8, 4) is 0 Å². The zero-order valence-electron chi connectivity index (χ0n) is 18.2. The average molecular weight is 481 g/mol.